The molecule has 0 bridgehead atoms. The molecule has 0 saturated carbocycles. The fraction of sp³-hybridized carbons (Fsp3) is 0.438. The molecule has 0 radical (unpaired) electrons. The largest absolute Gasteiger partial charge is 0.487 e. The van der Waals surface area contributed by atoms with Gasteiger partial charge in [0.05, 0.1) is 24.4 Å². The fourth-order valence-corrected chi connectivity index (χ4v) is 4.98. The summed E-state index contributed by atoms with van der Waals surface area (Å²) >= 11 is 0. The zero-order valence-electron chi connectivity index (χ0n) is 24.3. The maximum atomic E-state index is 13.8. The van der Waals surface area contributed by atoms with E-state index in [4.69, 9.17) is 28.4 Å². The Morgan fingerprint density at radius 2 is 0.800 bits per heavy atom. The number of carbonyl (C=O) groups is 2. The van der Waals surface area contributed by atoms with Crippen LogP contribution in [0.4, 0.5) is 0 Å². The highest BCUT2D eigenvalue weighted by atomic mass is 16.7. The molecule has 40 heavy (non-hydrogen) atoms. The van der Waals surface area contributed by atoms with E-state index in [9.17, 15) is 9.59 Å². The first-order chi connectivity index (χ1) is 18.9. The van der Waals surface area contributed by atoms with E-state index in [1.165, 1.54) is 0 Å². The molecule has 0 aliphatic carbocycles. The van der Waals surface area contributed by atoms with Crippen LogP contribution < -0.4 is 0 Å². The molecule has 0 amide bonds. The molecule has 0 N–H and O–H groups in total. The zero-order chi connectivity index (χ0) is 29.2. The normalized spacial score (nSPS) is 22.9. The van der Waals surface area contributed by atoms with Crippen LogP contribution in [0.25, 0.3) is 0 Å². The number of benzene rings is 2. The van der Waals surface area contributed by atoms with Gasteiger partial charge < -0.3 is 28.4 Å². The van der Waals surface area contributed by atoms with Crippen molar-refractivity contribution in [3.05, 3.63) is 94.8 Å². The van der Waals surface area contributed by atoms with Gasteiger partial charge in [-0.2, -0.15) is 0 Å². The lowest BCUT2D eigenvalue weighted by molar-refractivity contribution is -0.204. The second-order valence-corrected chi connectivity index (χ2v) is 10.9. The van der Waals surface area contributed by atoms with Crippen LogP contribution >= 0.6 is 0 Å². The average molecular weight is 551 g/mol. The number of hydrogen-bond acceptors (Lipinski definition) is 8. The first-order valence-corrected chi connectivity index (χ1v) is 13.7. The molecular formula is C32H38O8. The van der Waals surface area contributed by atoms with Crippen molar-refractivity contribution in [2.24, 2.45) is 0 Å². The van der Waals surface area contributed by atoms with Crippen molar-refractivity contribution in [2.75, 3.05) is 0 Å². The fourth-order valence-electron chi connectivity index (χ4n) is 4.98. The lowest BCUT2D eigenvalue weighted by atomic mass is 9.71. The molecule has 2 aliphatic heterocycles. The van der Waals surface area contributed by atoms with Crippen molar-refractivity contribution < 1.29 is 38.0 Å². The summed E-state index contributed by atoms with van der Waals surface area (Å²) in [6.07, 6.45) is -1.54. The molecule has 4 rings (SSSR count). The van der Waals surface area contributed by atoms with Crippen LogP contribution in [0.15, 0.2) is 83.7 Å². The number of cyclic esters (lactones) is 2. The summed E-state index contributed by atoms with van der Waals surface area (Å²) in [5, 5.41) is 0. The predicted molar refractivity (Wildman–Crippen MR) is 147 cm³/mol. The molecule has 2 heterocycles. The number of ether oxygens (including phenoxy) is 6. The highest BCUT2D eigenvalue weighted by Gasteiger charge is 2.74. The second-order valence-electron chi connectivity index (χ2n) is 10.9. The molecule has 214 valence electrons. The van der Waals surface area contributed by atoms with Crippen molar-refractivity contribution in [3.63, 3.8) is 0 Å². The molecule has 2 atom stereocenters. The molecule has 0 fully saturated rings. The van der Waals surface area contributed by atoms with Crippen molar-refractivity contribution >= 4 is 11.9 Å². The van der Waals surface area contributed by atoms with Crippen LogP contribution in [0.3, 0.4) is 0 Å². The maximum Gasteiger partial charge on any atom is 0.378 e. The molecule has 2 aromatic carbocycles. The van der Waals surface area contributed by atoms with Gasteiger partial charge in [-0.25, -0.2) is 9.59 Å². The van der Waals surface area contributed by atoms with E-state index >= 15 is 0 Å². The van der Waals surface area contributed by atoms with Gasteiger partial charge >= 0.3 is 11.9 Å². The smallest absolute Gasteiger partial charge is 0.378 e. The van der Waals surface area contributed by atoms with E-state index < -0.39 is 35.3 Å². The molecule has 2 aliphatic rings. The maximum absolute atomic E-state index is 13.8. The molecule has 8 heteroatoms. The predicted octanol–water partition coefficient (Wildman–Crippen LogP) is 6.01. The lowest BCUT2D eigenvalue weighted by Crippen LogP contribution is -2.54. The van der Waals surface area contributed by atoms with Crippen LogP contribution in [0, 0.1) is 0 Å². The second kappa shape index (κ2) is 11.3. The quantitative estimate of drug-likeness (QED) is 0.314. The Labute approximate surface area is 235 Å². The van der Waals surface area contributed by atoms with E-state index in [0.717, 1.165) is 0 Å². The number of hydrogen-bond donors (Lipinski definition) is 0. The summed E-state index contributed by atoms with van der Waals surface area (Å²) in [4.78, 5) is 27.6. The molecule has 0 aromatic heterocycles. The van der Waals surface area contributed by atoms with Crippen LogP contribution in [-0.4, -0.2) is 36.4 Å². The van der Waals surface area contributed by atoms with Gasteiger partial charge in [0.2, 0.25) is 22.7 Å². The van der Waals surface area contributed by atoms with Crippen molar-refractivity contribution in [1.82, 2.24) is 0 Å². The Balaban J connectivity index is 2.22. The minimum Gasteiger partial charge on any atom is -0.487 e. The van der Waals surface area contributed by atoms with Gasteiger partial charge in [0.1, 0.15) is 0 Å². The van der Waals surface area contributed by atoms with Gasteiger partial charge in [-0.15, -0.1) is 0 Å². The first kappa shape index (κ1) is 29.1. The molecule has 2 aromatic rings. The summed E-state index contributed by atoms with van der Waals surface area (Å²) in [5.74, 6) is -1.52. The summed E-state index contributed by atoms with van der Waals surface area (Å²) in [6.45, 7) is 14.6. The third kappa shape index (κ3) is 4.91. The van der Waals surface area contributed by atoms with Gasteiger partial charge in [-0.05, 0) is 55.4 Å². The third-order valence-electron chi connectivity index (χ3n) is 6.18. The number of carbonyl (C=O) groups excluding carboxylic acids is 2. The van der Waals surface area contributed by atoms with Crippen LogP contribution in [0.2, 0.25) is 0 Å². The summed E-state index contributed by atoms with van der Waals surface area (Å²) in [7, 11) is 0. The van der Waals surface area contributed by atoms with Crippen LogP contribution in [0.5, 0.6) is 0 Å². The molecule has 8 nitrogen and oxygen atoms in total. The molecule has 0 unspecified atom stereocenters. The highest BCUT2D eigenvalue weighted by molar-refractivity contribution is 5.94. The Kier molecular flexibility index (Phi) is 8.19. The van der Waals surface area contributed by atoms with Gasteiger partial charge in [0, 0.05) is 11.1 Å². The molecule has 0 spiro atoms. The van der Waals surface area contributed by atoms with Gasteiger partial charge in [0.15, 0.2) is 11.5 Å². The highest BCUT2D eigenvalue weighted by Crippen LogP contribution is 2.62. The standard InChI is InChI=1S/C32H38O8/c1-19(2)35-25-27(37-21(5)6)31(39-29(25)33,23-15-11-9-12-16-23)32(24-17-13-10-14-18-24)28(38-22(7)8)26(30(34)40-32)36-20(3)4/h9-22H,1-8H3/t31-,32+. The zero-order valence-corrected chi connectivity index (χ0v) is 24.3. The number of esters is 2. The first-order valence-electron chi connectivity index (χ1n) is 13.7. The SMILES string of the molecule is CC(C)OC1=C(OC(C)C)[C@@](c2ccccc2)([C@]2(c3ccccc3)OC(=O)C(OC(C)C)=C2OC(C)C)OC1=O. The van der Waals surface area contributed by atoms with Gasteiger partial charge in [-0.3, -0.25) is 0 Å². The Hall–Kier alpha value is -3.94. The topological polar surface area (TPSA) is 89.5 Å². The van der Waals surface area contributed by atoms with Crippen molar-refractivity contribution in [3.8, 4) is 0 Å². The van der Waals surface area contributed by atoms with E-state index in [1.807, 2.05) is 64.1 Å². The van der Waals surface area contributed by atoms with Gasteiger partial charge in [-0.1, -0.05) is 60.7 Å². The Bertz CT molecular complexity index is 1190. The molecule has 0 saturated heterocycles. The minimum absolute atomic E-state index is 0.0831. The van der Waals surface area contributed by atoms with Gasteiger partial charge in [0.25, 0.3) is 0 Å². The summed E-state index contributed by atoms with van der Waals surface area (Å²) < 4.78 is 37.8. The Morgan fingerprint density at radius 3 is 1.07 bits per heavy atom. The average Bonchev–Trinajstić information content (AvgIpc) is 3.31. The summed E-state index contributed by atoms with van der Waals surface area (Å²) in [6, 6.07) is 18.1. The Morgan fingerprint density at radius 1 is 0.500 bits per heavy atom. The summed E-state index contributed by atoms with van der Waals surface area (Å²) in [5.41, 5.74) is -2.76. The van der Waals surface area contributed by atoms with E-state index in [0.29, 0.717) is 11.1 Å². The monoisotopic (exact) mass is 550 g/mol. The third-order valence-corrected chi connectivity index (χ3v) is 6.18. The van der Waals surface area contributed by atoms with Crippen LogP contribution in [-0.2, 0) is 49.2 Å². The van der Waals surface area contributed by atoms with Crippen molar-refractivity contribution in [1.29, 1.82) is 0 Å². The van der Waals surface area contributed by atoms with Crippen LogP contribution in [0.1, 0.15) is 66.5 Å². The van der Waals surface area contributed by atoms with E-state index in [1.54, 1.807) is 52.0 Å². The van der Waals surface area contributed by atoms with E-state index in [-0.39, 0.29) is 35.2 Å². The lowest BCUT2D eigenvalue weighted by Gasteiger charge is -2.45. The molecular weight excluding hydrogens is 512 g/mol. The number of rotatable bonds is 11. The van der Waals surface area contributed by atoms with Crippen molar-refractivity contribution in [2.45, 2.75) is 91.0 Å². The van der Waals surface area contributed by atoms with E-state index in [2.05, 4.69) is 0 Å². The minimum atomic E-state index is -1.87.